The zero-order valence-corrected chi connectivity index (χ0v) is 15.2. The van der Waals surface area contributed by atoms with Crippen LogP contribution < -0.4 is 9.47 Å². The topological polar surface area (TPSA) is 82.1 Å². The molecule has 0 N–H and O–H groups in total. The molecule has 3 rings (SSSR count). The SMILES string of the molecule is CC(=O)OC1=CN(C(=O)Oc2ccccc2)[C@H](C(=O)Oc2ccccc2)CC1. The van der Waals surface area contributed by atoms with Crippen molar-refractivity contribution in [2.75, 3.05) is 0 Å². The van der Waals surface area contributed by atoms with Gasteiger partial charge in [0.1, 0.15) is 23.3 Å². The highest BCUT2D eigenvalue weighted by Gasteiger charge is 2.35. The number of hydrogen-bond donors (Lipinski definition) is 0. The van der Waals surface area contributed by atoms with Crippen LogP contribution in [0.2, 0.25) is 0 Å². The summed E-state index contributed by atoms with van der Waals surface area (Å²) in [5.74, 6) is -0.127. The molecule has 0 aliphatic carbocycles. The van der Waals surface area contributed by atoms with Crippen LogP contribution in [0.15, 0.2) is 72.6 Å². The Kier molecular flexibility index (Phi) is 6.06. The van der Waals surface area contributed by atoms with Crippen LogP contribution in [0.3, 0.4) is 0 Å². The smallest absolute Gasteiger partial charge is 0.420 e. The number of para-hydroxylation sites is 2. The molecule has 1 heterocycles. The highest BCUT2D eigenvalue weighted by atomic mass is 16.6. The maximum absolute atomic E-state index is 12.7. The Morgan fingerprint density at radius 1 is 0.857 bits per heavy atom. The van der Waals surface area contributed by atoms with Gasteiger partial charge in [-0.2, -0.15) is 0 Å². The van der Waals surface area contributed by atoms with Gasteiger partial charge in [-0.05, 0) is 30.7 Å². The molecule has 1 aliphatic heterocycles. The van der Waals surface area contributed by atoms with Crippen molar-refractivity contribution in [2.45, 2.75) is 25.8 Å². The molecule has 144 valence electrons. The second kappa shape index (κ2) is 8.85. The maximum Gasteiger partial charge on any atom is 0.420 e. The molecule has 0 spiro atoms. The van der Waals surface area contributed by atoms with Gasteiger partial charge < -0.3 is 14.2 Å². The van der Waals surface area contributed by atoms with Gasteiger partial charge in [0, 0.05) is 19.5 Å². The van der Waals surface area contributed by atoms with E-state index in [1.54, 1.807) is 60.7 Å². The minimum atomic E-state index is -0.907. The van der Waals surface area contributed by atoms with E-state index >= 15 is 0 Å². The summed E-state index contributed by atoms with van der Waals surface area (Å²) in [5.41, 5.74) is 0. The highest BCUT2D eigenvalue weighted by molar-refractivity contribution is 5.85. The Morgan fingerprint density at radius 3 is 2.00 bits per heavy atom. The van der Waals surface area contributed by atoms with Crippen molar-refractivity contribution in [3.8, 4) is 11.5 Å². The summed E-state index contributed by atoms with van der Waals surface area (Å²) in [6.45, 7) is 1.27. The molecule has 1 amide bonds. The van der Waals surface area contributed by atoms with Crippen LogP contribution in [-0.2, 0) is 14.3 Å². The average molecular weight is 381 g/mol. The molecule has 0 radical (unpaired) electrons. The molecule has 0 saturated heterocycles. The molecular weight excluding hydrogens is 362 g/mol. The van der Waals surface area contributed by atoms with Crippen molar-refractivity contribution in [2.24, 2.45) is 0 Å². The van der Waals surface area contributed by atoms with Crippen LogP contribution in [0.1, 0.15) is 19.8 Å². The Morgan fingerprint density at radius 2 is 1.43 bits per heavy atom. The second-order valence-electron chi connectivity index (χ2n) is 6.07. The van der Waals surface area contributed by atoms with Gasteiger partial charge in [0.15, 0.2) is 0 Å². The van der Waals surface area contributed by atoms with E-state index in [2.05, 4.69) is 0 Å². The third-order valence-electron chi connectivity index (χ3n) is 3.95. The Labute approximate surface area is 162 Å². The lowest BCUT2D eigenvalue weighted by Crippen LogP contribution is -2.47. The van der Waals surface area contributed by atoms with Gasteiger partial charge in [-0.15, -0.1) is 0 Å². The van der Waals surface area contributed by atoms with Crippen molar-refractivity contribution in [1.29, 1.82) is 0 Å². The van der Waals surface area contributed by atoms with E-state index in [9.17, 15) is 14.4 Å². The third-order valence-corrected chi connectivity index (χ3v) is 3.95. The normalized spacial score (nSPS) is 16.0. The Balaban J connectivity index is 1.80. The van der Waals surface area contributed by atoms with Crippen LogP contribution in [0.25, 0.3) is 0 Å². The summed E-state index contributed by atoms with van der Waals surface area (Å²) >= 11 is 0. The lowest BCUT2D eigenvalue weighted by Gasteiger charge is -2.30. The summed E-state index contributed by atoms with van der Waals surface area (Å²) in [5, 5.41) is 0. The fraction of sp³-hybridized carbons (Fsp3) is 0.190. The number of nitrogens with zero attached hydrogens (tertiary/aromatic N) is 1. The fourth-order valence-electron chi connectivity index (χ4n) is 2.72. The summed E-state index contributed by atoms with van der Waals surface area (Å²) in [6.07, 6.45) is 1.08. The van der Waals surface area contributed by atoms with Crippen LogP contribution in [-0.4, -0.2) is 29.0 Å². The molecule has 28 heavy (non-hydrogen) atoms. The van der Waals surface area contributed by atoms with Gasteiger partial charge in [-0.1, -0.05) is 36.4 Å². The monoisotopic (exact) mass is 381 g/mol. The van der Waals surface area contributed by atoms with Crippen LogP contribution >= 0.6 is 0 Å². The zero-order valence-electron chi connectivity index (χ0n) is 15.2. The van der Waals surface area contributed by atoms with Gasteiger partial charge >= 0.3 is 18.0 Å². The second-order valence-corrected chi connectivity index (χ2v) is 6.07. The molecule has 0 unspecified atom stereocenters. The summed E-state index contributed by atoms with van der Waals surface area (Å²) in [4.78, 5) is 37.7. The highest BCUT2D eigenvalue weighted by Crippen LogP contribution is 2.25. The number of hydrogen-bond acceptors (Lipinski definition) is 6. The fourth-order valence-corrected chi connectivity index (χ4v) is 2.72. The van der Waals surface area contributed by atoms with E-state index in [4.69, 9.17) is 14.2 Å². The van der Waals surface area contributed by atoms with E-state index in [1.807, 2.05) is 0 Å². The first-order valence-electron chi connectivity index (χ1n) is 8.74. The lowest BCUT2D eigenvalue weighted by atomic mass is 10.1. The van der Waals surface area contributed by atoms with E-state index < -0.39 is 24.1 Å². The van der Waals surface area contributed by atoms with Crippen LogP contribution in [0.4, 0.5) is 4.79 Å². The van der Waals surface area contributed by atoms with Crippen LogP contribution in [0.5, 0.6) is 11.5 Å². The predicted molar refractivity (Wildman–Crippen MR) is 99.3 cm³/mol. The molecule has 7 nitrogen and oxygen atoms in total. The molecule has 0 saturated carbocycles. The van der Waals surface area contributed by atoms with Gasteiger partial charge in [-0.3, -0.25) is 9.69 Å². The van der Waals surface area contributed by atoms with Crippen molar-refractivity contribution in [3.63, 3.8) is 0 Å². The molecule has 2 aromatic carbocycles. The Hall–Kier alpha value is -3.61. The standard InChI is InChI=1S/C21H19NO6/c1-15(23)26-18-12-13-19(20(24)27-16-8-4-2-5-9-16)22(14-18)21(25)28-17-10-6-3-7-11-17/h2-11,14,19H,12-13H2,1H3/t19-/m0/s1. The number of allylic oxidation sites excluding steroid dienone is 1. The lowest BCUT2D eigenvalue weighted by molar-refractivity contribution is -0.140. The minimum Gasteiger partial charge on any atom is -0.430 e. The molecule has 1 atom stereocenters. The minimum absolute atomic E-state index is 0.231. The number of esters is 2. The molecular formula is C21H19NO6. The first kappa shape index (κ1) is 19.2. The quantitative estimate of drug-likeness (QED) is 0.594. The van der Waals surface area contributed by atoms with E-state index in [0.29, 0.717) is 17.9 Å². The molecule has 7 heteroatoms. The van der Waals surface area contributed by atoms with Gasteiger partial charge in [0.2, 0.25) is 0 Å². The molecule has 0 aromatic heterocycles. The largest absolute Gasteiger partial charge is 0.430 e. The third kappa shape index (κ3) is 4.97. The van der Waals surface area contributed by atoms with Gasteiger partial charge in [0.05, 0.1) is 0 Å². The predicted octanol–water partition coefficient (Wildman–Crippen LogP) is 3.66. The number of rotatable bonds is 4. The van der Waals surface area contributed by atoms with E-state index in [0.717, 1.165) is 4.90 Å². The van der Waals surface area contributed by atoms with Crippen molar-refractivity contribution >= 4 is 18.0 Å². The number of carbonyl (C=O) groups is 3. The summed E-state index contributed by atoms with van der Waals surface area (Å²) in [6, 6.07) is 16.1. The van der Waals surface area contributed by atoms with Crippen molar-refractivity contribution < 1.29 is 28.6 Å². The van der Waals surface area contributed by atoms with E-state index in [1.165, 1.54) is 13.1 Å². The van der Waals surface area contributed by atoms with Gasteiger partial charge in [0.25, 0.3) is 0 Å². The maximum atomic E-state index is 12.7. The number of carbonyl (C=O) groups excluding carboxylic acids is 3. The number of amides is 1. The van der Waals surface area contributed by atoms with Crippen molar-refractivity contribution in [1.82, 2.24) is 4.90 Å². The first-order chi connectivity index (χ1) is 13.5. The first-order valence-corrected chi connectivity index (χ1v) is 8.74. The summed E-state index contributed by atoms with van der Waals surface area (Å²) < 4.78 is 15.8. The molecule has 1 aliphatic rings. The van der Waals surface area contributed by atoms with Crippen molar-refractivity contribution in [3.05, 3.63) is 72.6 Å². The van der Waals surface area contributed by atoms with E-state index in [-0.39, 0.29) is 12.2 Å². The zero-order chi connectivity index (χ0) is 19.9. The number of benzene rings is 2. The van der Waals surface area contributed by atoms with Gasteiger partial charge in [-0.25, -0.2) is 9.59 Å². The molecule has 2 aromatic rings. The Bertz CT molecular complexity index is 878. The van der Waals surface area contributed by atoms with Crippen LogP contribution in [0, 0.1) is 0 Å². The molecule has 0 fully saturated rings. The summed E-state index contributed by atoms with van der Waals surface area (Å²) in [7, 11) is 0. The molecule has 0 bridgehead atoms. The average Bonchev–Trinajstić information content (AvgIpc) is 2.69. The number of ether oxygens (including phenoxy) is 3.